The Bertz CT molecular complexity index is 769. The number of aliphatic hydroxyl groups is 2. The van der Waals surface area contributed by atoms with E-state index >= 15 is 0 Å². The third-order valence-corrected chi connectivity index (χ3v) is 7.45. The Morgan fingerprint density at radius 1 is 0.614 bits per heavy atom. The van der Waals surface area contributed by atoms with E-state index in [9.17, 15) is 19.8 Å². The van der Waals surface area contributed by atoms with Gasteiger partial charge in [0.2, 0.25) is 0 Å². The highest BCUT2D eigenvalue weighted by atomic mass is 16.6. The molecule has 6 nitrogen and oxygen atoms in total. The van der Waals surface area contributed by atoms with Crippen LogP contribution < -0.4 is 0 Å². The van der Waals surface area contributed by atoms with E-state index in [1.165, 1.54) is 57.8 Å². The van der Waals surface area contributed by atoms with Gasteiger partial charge in [0, 0.05) is 12.8 Å². The number of allylic oxidation sites excluding steroid dienone is 7. The second kappa shape index (κ2) is 33.7. The molecule has 0 amide bonds. The van der Waals surface area contributed by atoms with Crippen LogP contribution in [0, 0.1) is 0 Å². The van der Waals surface area contributed by atoms with Crippen molar-refractivity contribution in [3.05, 3.63) is 48.6 Å². The Balaban J connectivity index is 3.74. The van der Waals surface area contributed by atoms with Crippen LogP contribution in [0.25, 0.3) is 0 Å². The predicted octanol–water partition coefficient (Wildman–Crippen LogP) is 9.64. The molecule has 0 heterocycles. The molecule has 0 saturated carbocycles. The first-order valence-electron chi connectivity index (χ1n) is 17.8. The molecule has 0 unspecified atom stereocenters. The fourth-order valence-corrected chi connectivity index (χ4v) is 4.68. The Morgan fingerprint density at radius 3 is 1.68 bits per heavy atom. The minimum Gasteiger partial charge on any atom is -0.462 e. The van der Waals surface area contributed by atoms with E-state index in [2.05, 4.69) is 50.3 Å². The van der Waals surface area contributed by atoms with E-state index in [0.29, 0.717) is 12.8 Å². The van der Waals surface area contributed by atoms with E-state index in [-0.39, 0.29) is 37.7 Å². The summed E-state index contributed by atoms with van der Waals surface area (Å²) in [5.74, 6) is -0.681. The zero-order chi connectivity index (χ0) is 32.4. The lowest BCUT2D eigenvalue weighted by Crippen LogP contribution is -2.28. The van der Waals surface area contributed by atoms with Gasteiger partial charge in [0.05, 0.1) is 12.7 Å². The molecule has 2 N–H and O–H groups in total. The van der Waals surface area contributed by atoms with E-state index in [1.54, 1.807) is 0 Å². The highest BCUT2D eigenvalue weighted by Crippen LogP contribution is 2.13. The van der Waals surface area contributed by atoms with Crippen LogP contribution in [-0.2, 0) is 19.1 Å². The number of esters is 2. The maximum atomic E-state index is 12.1. The topological polar surface area (TPSA) is 93.1 Å². The van der Waals surface area contributed by atoms with Gasteiger partial charge in [-0.3, -0.25) is 9.59 Å². The van der Waals surface area contributed by atoms with Crippen LogP contribution in [0.3, 0.4) is 0 Å². The van der Waals surface area contributed by atoms with E-state index in [1.807, 2.05) is 12.2 Å². The SMILES string of the molecule is CCCCCCCCCCCCCCC(=O)OC[C@H](CO)OC(=O)CCC/C=C\C/C=C\C/C=C\C/C=C\[C@H](O)CCCC. The summed E-state index contributed by atoms with van der Waals surface area (Å²) in [6.45, 7) is 3.91. The van der Waals surface area contributed by atoms with Crippen molar-refractivity contribution in [2.24, 2.45) is 0 Å². The van der Waals surface area contributed by atoms with Gasteiger partial charge in [-0.2, -0.15) is 0 Å². The highest BCUT2D eigenvalue weighted by molar-refractivity contribution is 5.70. The molecule has 6 heteroatoms. The van der Waals surface area contributed by atoms with Gasteiger partial charge in [-0.15, -0.1) is 0 Å². The van der Waals surface area contributed by atoms with Crippen molar-refractivity contribution in [3.63, 3.8) is 0 Å². The molecule has 0 bridgehead atoms. The number of hydrogen-bond donors (Lipinski definition) is 2. The zero-order valence-electron chi connectivity index (χ0n) is 28.3. The van der Waals surface area contributed by atoms with Crippen LogP contribution in [0.4, 0.5) is 0 Å². The van der Waals surface area contributed by atoms with E-state index in [0.717, 1.165) is 64.2 Å². The van der Waals surface area contributed by atoms with Crippen molar-refractivity contribution in [1.29, 1.82) is 0 Å². The third kappa shape index (κ3) is 31.3. The molecule has 0 radical (unpaired) electrons. The van der Waals surface area contributed by atoms with Crippen molar-refractivity contribution in [2.75, 3.05) is 13.2 Å². The van der Waals surface area contributed by atoms with Gasteiger partial charge in [-0.25, -0.2) is 0 Å². The molecule has 254 valence electrons. The van der Waals surface area contributed by atoms with Crippen molar-refractivity contribution >= 4 is 11.9 Å². The first kappa shape index (κ1) is 41.8. The van der Waals surface area contributed by atoms with Crippen LogP contribution in [-0.4, -0.2) is 47.6 Å². The number of rotatable bonds is 31. The average Bonchev–Trinajstić information content (AvgIpc) is 3.02. The van der Waals surface area contributed by atoms with Crippen LogP contribution in [0.5, 0.6) is 0 Å². The van der Waals surface area contributed by atoms with Crippen molar-refractivity contribution < 1.29 is 29.3 Å². The summed E-state index contributed by atoms with van der Waals surface area (Å²) >= 11 is 0. The smallest absolute Gasteiger partial charge is 0.306 e. The second-order valence-corrected chi connectivity index (χ2v) is 11.8. The van der Waals surface area contributed by atoms with Gasteiger partial charge < -0.3 is 19.7 Å². The zero-order valence-corrected chi connectivity index (χ0v) is 28.3. The summed E-state index contributed by atoms with van der Waals surface area (Å²) in [4.78, 5) is 24.1. The van der Waals surface area contributed by atoms with Crippen LogP contribution in [0.2, 0.25) is 0 Å². The molecular weight excluding hydrogens is 552 g/mol. The molecule has 0 aliphatic rings. The van der Waals surface area contributed by atoms with E-state index < -0.39 is 6.10 Å². The largest absolute Gasteiger partial charge is 0.462 e. The molecule has 44 heavy (non-hydrogen) atoms. The standard InChI is InChI=1S/C38H66O6/c1-3-5-7-8-9-10-11-15-18-21-24-27-31-37(41)43-34-36(33-39)44-38(42)32-28-25-22-19-16-13-12-14-17-20-23-26-30-35(40)29-6-4-2/h12-13,17,19-20,22,26,30,35-36,39-40H,3-11,14-16,18,21,23-25,27-29,31-34H2,1-2H3/b13-12-,20-17-,22-19-,30-26-/t35-,36+/m1/s1. The summed E-state index contributed by atoms with van der Waals surface area (Å²) < 4.78 is 10.5. The molecule has 0 aromatic heterocycles. The number of ether oxygens (including phenoxy) is 2. The molecule has 0 aromatic rings. The molecular formula is C38H66O6. The summed E-state index contributed by atoms with van der Waals surface area (Å²) in [7, 11) is 0. The van der Waals surface area contributed by atoms with Gasteiger partial charge in [0.25, 0.3) is 0 Å². The maximum Gasteiger partial charge on any atom is 0.306 e. The van der Waals surface area contributed by atoms with Crippen molar-refractivity contribution in [2.45, 2.75) is 167 Å². The first-order chi connectivity index (χ1) is 21.5. The van der Waals surface area contributed by atoms with Gasteiger partial charge in [-0.05, 0) is 44.9 Å². The lowest BCUT2D eigenvalue weighted by atomic mass is 10.0. The summed E-state index contributed by atoms with van der Waals surface area (Å²) in [6, 6.07) is 0. The van der Waals surface area contributed by atoms with Gasteiger partial charge in [0.1, 0.15) is 6.61 Å². The Kier molecular flexibility index (Phi) is 32.0. The third-order valence-electron chi connectivity index (χ3n) is 7.45. The van der Waals surface area contributed by atoms with E-state index in [4.69, 9.17) is 9.47 Å². The molecule has 0 saturated heterocycles. The second-order valence-electron chi connectivity index (χ2n) is 11.8. The Morgan fingerprint density at radius 2 is 1.11 bits per heavy atom. The van der Waals surface area contributed by atoms with Gasteiger partial charge in [0.15, 0.2) is 6.10 Å². The fourth-order valence-electron chi connectivity index (χ4n) is 4.68. The number of aliphatic hydroxyl groups excluding tert-OH is 2. The molecule has 2 atom stereocenters. The predicted molar refractivity (Wildman–Crippen MR) is 183 cm³/mol. The number of hydrogen-bond acceptors (Lipinski definition) is 6. The van der Waals surface area contributed by atoms with Gasteiger partial charge >= 0.3 is 11.9 Å². The lowest BCUT2D eigenvalue weighted by molar-refractivity contribution is -0.161. The minimum absolute atomic E-state index is 0.0976. The quantitative estimate of drug-likeness (QED) is 0.0456. The van der Waals surface area contributed by atoms with Crippen molar-refractivity contribution in [1.82, 2.24) is 0 Å². The Labute approximate surface area is 270 Å². The number of unbranched alkanes of at least 4 members (excludes halogenated alkanes) is 13. The average molecular weight is 619 g/mol. The Hall–Kier alpha value is -2.18. The summed E-state index contributed by atoms with van der Waals surface area (Å²) in [5.41, 5.74) is 0. The minimum atomic E-state index is -0.809. The van der Waals surface area contributed by atoms with Crippen LogP contribution in [0.1, 0.15) is 155 Å². The molecule has 0 aliphatic carbocycles. The lowest BCUT2D eigenvalue weighted by Gasteiger charge is -2.15. The fraction of sp³-hybridized carbons (Fsp3) is 0.737. The van der Waals surface area contributed by atoms with Crippen LogP contribution in [0.15, 0.2) is 48.6 Å². The molecule has 0 spiro atoms. The summed E-state index contributed by atoms with van der Waals surface area (Å²) in [5, 5.41) is 19.3. The molecule has 0 aromatic carbocycles. The van der Waals surface area contributed by atoms with Crippen molar-refractivity contribution in [3.8, 4) is 0 Å². The number of carbonyl (C=O) groups excluding carboxylic acids is 2. The first-order valence-corrected chi connectivity index (χ1v) is 17.8. The normalized spacial score (nSPS) is 13.5. The highest BCUT2D eigenvalue weighted by Gasteiger charge is 2.15. The van der Waals surface area contributed by atoms with Gasteiger partial charge in [-0.1, -0.05) is 146 Å². The summed E-state index contributed by atoms with van der Waals surface area (Å²) in [6.07, 6.45) is 37.9. The number of carbonyl (C=O) groups is 2. The molecule has 0 rings (SSSR count). The van der Waals surface area contributed by atoms with Crippen LogP contribution >= 0.6 is 0 Å². The maximum absolute atomic E-state index is 12.1. The monoisotopic (exact) mass is 618 g/mol. The molecule has 0 fully saturated rings. The molecule has 0 aliphatic heterocycles.